The maximum atomic E-state index is 12.1. The average molecular weight is 334 g/mol. The number of benzene rings is 1. The van der Waals surface area contributed by atoms with Gasteiger partial charge in [-0.05, 0) is 63.2 Å². The van der Waals surface area contributed by atoms with Gasteiger partial charge in [-0.3, -0.25) is 4.79 Å². The van der Waals surface area contributed by atoms with Gasteiger partial charge in [0, 0.05) is 23.2 Å². The Kier molecular flexibility index (Phi) is 5.31. The molecular weight excluding hydrogens is 314 g/mol. The zero-order valence-corrected chi connectivity index (χ0v) is 13.7. The molecule has 1 aromatic carbocycles. The smallest absolute Gasteiger partial charge is 0.273 e. The van der Waals surface area contributed by atoms with Gasteiger partial charge in [0.05, 0.1) is 0 Å². The number of hydrogen-bond donors (Lipinski definition) is 1. The fourth-order valence-corrected chi connectivity index (χ4v) is 2.86. The van der Waals surface area contributed by atoms with E-state index in [4.69, 9.17) is 16.1 Å². The van der Waals surface area contributed by atoms with E-state index in [9.17, 15) is 4.79 Å². The highest BCUT2D eigenvalue weighted by atomic mass is 35.5. The predicted molar refractivity (Wildman–Crippen MR) is 89.6 cm³/mol. The topological polar surface area (TPSA) is 58.4 Å². The van der Waals surface area contributed by atoms with Crippen LogP contribution in [0.25, 0.3) is 11.3 Å². The fraction of sp³-hybridized carbons (Fsp3) is 0.412. The van der Waals surface area contributed by atoms with Gasteiger partial charge >= 0.3 is 0 Å². The monoisotopic (exact) mass is 333 g/mol. The number of nitrogens with zero attached hydrogens (tertiary/aromatic N) is 2. The van der Waals surface area contributed by atoms with Crippen molar-refractivity contribution in [2.24, 2.45) is 0 Å². The van der Waals surface area contributed by atoms with E-state index < -0.39 is 0 Å². The molecule has 0 saturated carbocycles. The molecule has 2 heterocycles. The SMILES string of the molecule is O=C(NCCCN1CCCC1)c1cc(-c2ccc(Cl)cc2)on1. The largest absolute Gasteiger partial charge is 0.355 e. The lowest BCUT2D eigenvalue weighted by molar-refractivity contribution is 0.0943. The first kappa shape index (κ1) is 16.0. The summed E-state index contributed by atoms with van der Waals surface area (Å²) in [4.78, 5) is 14.5. The van der Waals surface area contributed by atoms with Gasteiger partial charge in [0.2, 0.25) is 0 Å². The van der Waals surface area contributed by atoms with Crippen LogP contribution in [0.15, 0.2) is 34.9 Å². The molecule has 6 heteroatoms. The van der Waals surface area contributed by atoms with E-state index in [1.54, 1.807) is 18.2 Å². The molecule has 1 aliphatic heterocycles. The first-order valence-electron chi connectivity index (χ1n) is 7.95. The molecule has 0 unspecified atom stereocenters. The van der Waals surface area contributed by atoms with E-state index in [0.29, 0.717) is 23.0 Å². The van der Waals surface area contributed by atoms with Crippen LogP contribution < -0.4 is 5.32 Å². The van der Waals surface area contributed by atoms with Gasteiger partial charge in [-0.15, -0.1) is 0 Å². The van der Waals surface area contributed by atoms with Gasteiger partial charge < -0.3 is 14.7 Å². The Bertz CT molecular complexity index is 648. The third-order valence-electron chi connectivity index (χ3n) is 4.01. The number of likely N-dealkylation sites (tertiary alicyclic amines) is 1. The van der Waals surface area contributed by atoms with Crippen molar-refractivity contribution in [3.8, 4) is 11.3 Å². The van der Waals surface area contributed by atoms with Crippen LogP contribution in [0.2, 0.25) is 5.02 Å². The number of nitrogens with one attached hydrogen (secondary N) is 1. The lowest BCUT2D eigenvalue weighted by atomic mass is 10.1. The van der Waals surface area contributed by atoms with Gasteiger partial charge in [-0.25, -0.2) is 0 Å². The number of hydrogen-bond acceptors (Lipinski definition) is 4. The van der Waals surface area contributed by atoms with Crippen LogP contribution in [0.3, 0.4) is 0 Å². The predicted octanol–water partition coefficient (Wildman–Crippen LogP) is 3.21. The summed E-state index contributed by atoms with van der Waals surface area (Å²) in [7, 11) is 0. The third kappa shape index (κ3) is 4.33. The van der Waals surface area contributed by atoms with Gasteiger partial charge in [-0.2, -0.15) is 0 Å². The summed E-state index contributed by atoms with van der Waals surface area (Å²) in [5.41, 5.74) is 1.14. The first-order valence-corrected chi connectivity index (χ1v) is 8.33. The summed E-state index contributed by atoms with van der Waals surface area (Å²) in [6.45, 7) is 4.05. The number of amides is 1. The molecule has 3 rings (SSSR count). The minimum absolute atomic E-state index is 0.199. The lowest BCUT2D eigenvalue weighted by Gasteiger charge is -2.13. The second-order valence-corrected chi connectivity index (χ2v) is 6.18. The van der Waals surface area contributed by atoms with Crippen LogP contribution >= 0.6 is 11.6 Å². The minimum Gasteiger partial charge on any atom is -0.355 e. The molecule has 5 nitrogen and oxygen atoms in total. The standard InChI is InChI=1S/C17H20ClN3O2/c18-14-6-4-13(5-7-14)16-12-15(20-23-16)17(22)19-8-3-11-21-9-1-2-10-21/h4-7,12H,1-3,8-11H2,(H,19,22). The molecule has 1 N–H and O–H groups in total. The van der Waals surface area contributed by atoms with Crippen molar-refractivity contribution in [3.05, 3.63) is 41.0 Å². The second kappa shape index (κ2) is 7.62. The minimum atomic E-state index is -0.199. The highest BCUT2D eigenvalue weighted by Crippen LogP contribution is 2.22. The summed E-state index contributed by atoms with van der Waals surface area (Å²) in [6, 6.07) is 8.87. The molecule has 1 aliphatic rings. The number of carbonyl (C=O) groups is 1. The highest BCUT2D eigenvalue weighted by Gasteiger charge is 2.14. The lowest BCUT2D eigenvalue weighted by Crippen LogP contribution is -2.28. The molecule has 122 valence electrons. The number of rotatable bonds is 6. The molecule has 0 atom stereocenters. The van der Waals surface area contributed by atoms with Crippen molar-refractivity contribution in [1.29, 1.82) is 0 Å². The molecule has 1 saturated heterocycles. The van der Waals surface area contributed by atoms with E-state index in [0.717, 1.165) is 18.5 Å². The van der Waals surface area contributed by atoms with Crippen LogP contribution in [0.4, 0.5) is 0 Å². The summed E-state index contributed by atoms with van der Waals surface area (Å²) in [5, 5.41) is 7.38. The summed E-state index contributed by atoms with van der Waals surface area (Å²) >= 11 is 5.86. The maximum Gasteiger partial charge on any atom is 0.273 e. The van der Waals surface area contributed by atoms with Gasteiger partial charge in [0.1, 0.15) is 0 Å². The molecular formula is C17H20ClN3O2. The van der Waals surface area contributed by atoms with Crippen LogP contribution in [0, 0.1) is 0 Å². The summed E-state index contributed by atoms with van der Waals surface area (Å²) in [6.07, 6.45) is 3.53. The number of carbonyl (C=O) groups excluding carboxylic acids is 1. The molecule has 23 heavy (non-hydrogen) atoms. The zero-order chi connectivity index (χ0) is 16.1. The summed E-state index contributed by atoms with van der Waals surface area (Å²) < 4.78 is 5.24. The van der Waals surface area contributed by atoms with Gasteiger partial charge in [-0.1, -0.05) is 16.8 Å². The number of aromatic nitrogens is 1. The molecule has 0 aliphatic carbocycles. The Morgan fingerprint density at radius 3 is 2.74 bits per heavy atom. The molecule has 1 aromatic heterocycles. The van der Waals surface area contributed by atoms with Crippen LogP contribution in [0.5, 0.6) is 0 Å². The van der Waals surface area contributed by atoms with Gasteiger partial charge in [0.25, 0.3) is 5.91 Å². The van der Waals surface area contributed by atoms with Gasteiger partial charge in [0.15, 0.2) is 11.5 Å². The molecule has 0 radical (unpaired) electrons. The third-order valence-corrected chi connectivity index (χ3v) is 4.26. The molecule has 2 aromatic rings. The van der Waals surface area contributed by atoms with Crippen molar-refractivity contribution >= 4 is 17.5 Å². The Balaban J connectivity index is 1.48. The summed E-state index contributed by atoms with van der Waals surface area (Å²) in [5.74, 6) is 0.360. The quantitative estimate of drug-likeness (QED) is 0.825. The zero-order valence-electron chi connectivity index (χ0n) is 12.9. The average Bonchev–Trinajstić information content (AvgIpc) is 3.24. The molecule has 1 amide bonds. The normalized spacial score (nSPS) is 15.0. The van der Waals surface area contributed by atoms with Crippen molar-refractivity contribution in [2.45, 2.75) is 19.3 Å². The first-order chi connectivity index (χ1) is 11.2. The van der Waals surface area contributed by atoms with E-state index in [1.807, 2.05) is 12.1 Å². The van der Waals surface area contributed by atoms with Crippen LogP contribution in [-0.2, 0) is 0 Å². The van der Waals surface area contributed by atoms with Crippen molar-refractivity contribution < 1.29 is 9.32 Å². The second-order valence-electron chi connectivity index (χ2n) is 5.74. The maximum absolute atomic E-state index is 12.1. The Morgan fingerprint density at radius 2 is 2.00 bits per heavy atom. The van der Waals surface area contributed by atoms with Crippen molar-refractivity contribution in [1.82, 2.24) is 15.4 Å². The van der Waals surface area contributed by atoms with Crippen LogP contribution in [-0.4, -0.2) is 42.1 Å². The van der Waals surface area contributed by atoms with Crippen molar-refractivity contribution in [2.75, 3.05) is 26.2 Å². The molecule has 0 spiro atoms. The Hall–Kier alpha value is -1.85. The fourth-order valence-electron chi connectivity index (χ4n) is 2.73. The van der Waals surface area contributed by atoms with E-state index in [2.05, 4.69) is 15.4 Å². The highest BCUT2D eigenvalue weighted by molar-refractivity contribution is 6.30. The Labute approximate surface area is 140 Å². The van der Waals surface area contributed by atoms with E-state index >= 15 is 0 Å². The van der Waals surface area contributed by atoms with Crippen molar-refractivity contribution in [3.63, 3.8) is 0 Å². The molecule has 1 fully saturated rings. The number of halogens is 1. The Morgan fingerprint density at radius 1 is 1.26 bits per heavy atom. The van der Waals surface area contributed by atoms with E-state index in [1.165, 1.54) is 25.9 Å². The van der Waals surface area contributed by atoms with E-state index in [-0.39, 0.29) is 5.91 Å². The molecule has 0 bridgehead atoms. The van der Waals surface area contributed by atoms with Crippen LogP contribution in [0.1, 0.15) is 29.8 Å².